The van der Waals surface area contributed by atoms with Gasteiger partial charge in [0, 0.05) is 0 Å². The summed E-state index contributed by atoms with van der Waals surface area (Å²) in [6, 6.07) is -5.47. The van der Waals surface area contributed by atoms with E-state index in [9.17, 15) is 78.0 Å². The van der Waals surface area contributed by atoms with Crippen molar-refractivity contribution in [3.8, 4) is 0 Å². The number of hydrogen-bond donors (Lipinski definition) is 0. The van der Waals surface area contributed by atoms with Crippen LogP contribution in [0.3, 0.4) is 0 Å². The molecule has 20 aliphatic rings. The number of fused-ring (bicyclic) bond motifs is 4. The molecule has 0 unspecified atom stereocenters. The number of carbonyl (C=O) groups excluding carboxylic acids is 12. The van der Waals surface area contributed by atoms with Crippen molar-refractivity contribution < 1.29 is 117 Å². The number of hydrogen-bond acceptors (Lipinski definition) is 16. The molecule has 0 spiro atoms. The molecule has 16 saturated carbocycles. The zero-order valence-corrected chi connectivity index (χ0v) is 76.6. The van der Waals surface area contributed by atoms with E-state index < -0.39 is 117 Å². The number of halogens is 16. The molecule has 16 fully saturated rings. The second kappa shape index (κ2) is 32.2. The Labute approximate surface area is 781 Å². The van der Waals surface area contributed by atoms with Gasteiger partial charge in [0.1, 0.15) is 0 Å². The minimum atomic E-state index is -1.43. The van der Waals surface area contributed by atoms with Crippen LogP contribution in [-0.4, -0.2) is 115 Å². The Morgan fingerprint density at radius 1 is 0.212 bits per heavy atom. The van der Waals surface area contributed by atoms with Crippen LogP contribution in [-0.2, 0) is 58.1 Å². The maximum atomic E-state index is 13.3. The van der Waals surface area contributed by atoms with Gasteiger partial charge in [-0.25, -0.2) is 0 Å². The molecule has 0 saturated heterocycles. The molecule has 4 atom stereocenters. The van der Waals surface area contributed by atoms with Crippen molar-refractivity contribution >= 4 is 257 Å². The fourth-order valence-electron chi connectivity index (χ4n) is 27.0. The molecule has 4 heterocycles. The first kappa shape index (κ1) is 90.0. The molecule has 20 nitrogen and oxygen atoms in total. The van der Waals surface area contributed by atoms with E-state index in [2.05, 4.69) is 0 Å². The van der Waals surface area contributed by atoms with Crippen LogP contribution in [0.5, 0.6) is 0 Å². The second-order valence-corrected chi connectivity index (χ2v) is 42.0. The smallest absolute Gasteiger partial charge is 0.548 e. The van der Waals surface area contributed by atoms with E-state index in [1.54, 1.807) is 0 Å². The van der Waals surface area contributed by atoms with Gasteiger partial charge in [-0.1, -0.05) is 186 Å². The Morgan fingerprint density at radius 2 is 0.305 bits per heavy atom. The second-order valence-electron chi connectivity index (χ2n) is 36.0. The van der Waals surface area contributed by atoms with Gasteiger partial charge >= 0.3 is 39.0 Å². The Kier molecular flexibility index (Phi) is 24.6. The maximum Gasteiger partial charge on any atom is 2.00 e. The van der Waals surface area contributed by atoms with Gasteiger partial charge < -0.3 is 39.6 Å². The van der Waals surface area contributed by atoms with E-state index in [1.807, 2.05) is 0 Å². The molecule has 630 valence electrons. The molecule has 0 N–H and O–H groups in total. The van der Waals surface area contributed by atoms with Crippen molar-refractivity contribution in [1.29, 1.82) is 0 Å². The Balaban J connectivity index is 0.000000122. The number of carbonyl (C=O) groups is 12. The number of nitrogens with zero attached hydrogens (tertiary/aromatic N) is 4. The molecule has 2 radical (unpaired) electrons. The van der Waals surface area contributed by atoms with Gasteiger partial charge in [-0.15, -0.1) is 0 Å². The van der Waals surface area contributed by atoms with Crippen molar-refractivity contribution in [2.75, 3.05) is 0 Å². The summed E-state index contributed by atoms with van der Waals surface area (Å²) in [6.45, 7) is 0. The zero-order chi connectivity index (χ0) is 83.3. The molecule has 16 bridgehead atoms. The van der Waals surface area contributed by atoms with E-state index in [0.717, 1.165) is 96.6 Å². The summed E-state index contributed by atoms with van der Waals surface area (Å²) in [5.41, 5.74) is -4.20. The van der Waals surface area contributed by atoms with Crippen LogP contribution < -0.4 is 20.4 Å². The van der Waals surface area contributed by atoms with Crippen LogP contribution in [0.4, 0.5) is 0 Å². The van der Waals surface area contributed by atoms with Gasteiger partial charge in [0.15, 0.2) is 0 Å². The molecule has 8 amide bonds. The van der Waals surface area contributed by atoms with Gasteiger partial charge in [0.2, 0.25) is 0 Å². The Bertz CT molecular complexity index is 4280. The molecule has 38 heteroatoms. The molecule has 0 aromatic heterocycles. The molecule has 4 aromatic carbocycles. The normalized spacial score (nSPS) is 32.8. The van der Waals surface area contributed by atoms with Crippen molar-refractivity contribution in [2.24, 2.45) is 92.7 Å². The van der Waals surface area contributed by atoms with Crippen LogP contribution in [0.15, 0.2) is 0 Å². The third-order valence-electron chi connectivity index (χ3n) is 29.1. The standard InChI is InChI=1S/4C20H17Cl4NO4.2Rh/c4*21-12-10-11(13(22)15(24)14(12)23)18(27)25(17(10)26)16(19(28)29)20-4-7-1-8(5-20)3-9(2-7)6-20;;/h4*7-9,16H,1-6H2,(H,28,29);;/q;;;;2*+2/p-4/t4*7?,8?,9?,16-,20?;;/m1111../s1. The van der Waals surface area contributed by atoms with Crippen LogP contribution in [0.2, 0.25) is 80.4 Å². The van der Waals surface area contributed by atoms with Crippen LogP contribution in [0.1, 0.15) is 237 Å². The number of rotatable bonds is 12. The van der Waals surface area contributed by atoms with Crippen LogP contribution >= 0.6 is 186 Å². The largest absolute Gasteiger partial charge is 2.00 e. The third kappa shape index (κ3) is 13.8. The molecule has 118 heavy (non-hydrogen) atoms. The SMILES string of the molecule is O=C([O-])[C@@H](N1C(=O)c2c(Cl)c(Cl)c(Cl)c(Cl)c2C1=O)C12CC3CC(CC(C3)C1)C2.O=C([O-])[C@@H](N1C(=O)c2c(Cl)c(Cl)c(Cl)c(Cl)c2C1=O)C12CC3CC(CC(C3)C1)C2.O=C([O-])[C@@H](N1C(=O)c2c(Cl)c(Cl)c(Cl)c(Cl)c2C1=O)C12CC3CC(CC(C3)C1)C2.O=C([O-])[C@@H](N1C(=O)c2c(Cl)c(Cl)c(Cl)c(Cl)c2C1=O)C12CC3CC(CC(C3)C1)C2.[Rh+2].[Rh+2]. The predicted molar refractivity (Wildman–Crippen MR) is 426 cm³/mol. The van der Waals surface area contributed by atoms with Crippen molar-refractivity contribution in [1.82, 2.24) is 19.6 Å². The number of imide groups is 4. The zero-order valence-electron chi connectivity index (χ0n) is 61.2. The van der Waals surface area contributed by atoms with Crippen LogP contribution in [0.25, 0.3) is 0 Å². The quantitative estimate of drug-likeness (QED) is 0.0551. The monoisotopic (exact) mass is 2100 g/mol. The predicted octanol–water partition coefficient (Wildman–Crippen LogP) is 16.9. The van der Waals surface area contributed by atoms with Crippen molar-refractivity contribution in [3.63, 3.8) is 0 Å². The first-order chi connectivity index (χ1) is 54.6. The summed E-state index contributed by atoms with van der Waals surface area (Å²) in [6.07, 6.45) is 21.1. The summed E-state index contributed by atoms with van der Waals surface area (Å²) in [4.78, 5) is 159. The average molecular weight is 2110 g/mol. The number of carboxylic acid groups (broad SMARTS) is 4. The van der Waals surface area contributed by atoms with Gasteiger partial charge in [-0.2, -0.15) is 0 Å². The molecule has 16 aliphatic carbocycles. The number of benzene rings is 4. The van der Waals surface area contributed by atoms with Gasteiger partial charge in [-0.3, -0.25) is 58.0 Å². The third-order valence-corrected chi connectivity index (χ3v) is 36.3. The van der Waals surface area contributed by atoms with Crippen molar-refractivity contribution in [2.45, 2.75) is 178 Å². The topological polar surface area (TPSA) is 310 Å². The average Bonchev–Trinajstić information content (AvgIpc) is 1.34. The molecular formula is C80H64Cl16N4O16Rh2. The summed E-state index contributed by atoms with van der Waals surface area (Å²) in [5, 5.41) is 46.8. The van der Waals surface area contributed by atoms with Crippen LogP contribution in [0, 0.1) is 92.7 Å². The molecule has 24 rings (SSSR count). The van der Waals surface area contributed by atoms with Gasteiger partial charge in [0.25, 0.3) is 47.3 Å². The summed E-state index contributed by atoms with van der Waals surface area (Å²) in [5.74, 6) is -7.04. The van der Waals surface area contributed by atoms with Gasteiger partial charge in [0.05, 0.1) is 173 Å². The van der Waals surface area contributed by atoms with E-state index >= 15 is 0 Å². The fourth-order valence-corrected chi connectivity index (χ4v) is 31.0. The first-order valence-corrected chi connectivity index (χ1v) is 44.4. The minimum Gasteiger partial charge on any atom is -0.548 e. The summed E-state index contributed by atoms with van der Waals surface area (Å²) in [7, 11) is 0. The Hall–Kier alpha value is -2.79. The maximum absolute atomic E-state index is 13.3. The molecule has 4 aromatic rings. The fraction of sp³-hybridized carbons (Fsp3) is 0.550. The summed E-state index contributed by atoms with van der Waals surface area (Å²) >= 11 is 98.2. The van der Waals surface area contributed by atoms with Gasteiger partial charge in [-0.05, 0) is 247 Å². The number of amides is 8. The van der Waals surface area contributed by atoms with Crippen molar-refractivity contribution in [3.05, 3.63) is 125 Å². The van der Waals surface area contributed by atoms with E-state index in [-0.39, 0.29) is 164 Å². The first-order valence-electron chi connectivity index (χ1n) is 38.4. The number of carboxylic acids is 4. The van der Waals surface area contributed by atoms with E-state index in [1.165, 1.54) is 0 Å². The van der Waals surface area contributed by atoms with E-state index in [0.29, 0.717) is 148 Å². The summed E-state index contributed by atoms with van der Waals surface area (Å²) < 4.78 is 0. The number of aliphatic carboxylic acids is 4. The molecular weight excluding hydrogens is 2050 g/mol. The minimum absolute atomic E-state index is 0. The van der Waals surface area contributed by atoms with E-state index in [4.69, 9.17) is 186 Å². The molecule has 4 aliphatic heterocycles. The Morgan fingerprint density at radius 3 is 0.390 bits per heavy atom.